The van der Waals surface area contributed by atoms with Crippen molar-refractivity contribution in [3.05, 3.63) is 30.0 Å². The van der Waals surface area contributed by atoms with Crippen LogP contribution in [0.15, 0.2) is 24.4 Å². The Hall–Kier alpha value is -1.48. The maximum atomic E-state index is 6.01. The number of nitrogens with one attached hydrogen (secondary N) is 1. The second kappa shape index (κ2) is 2.75. The lowest BCUT2D eigenvalue weighted by Gasteiger charge is -2.23. The van der Waals surface area contributed by atoms with Gasteiger partial charge in [0.2, 0.25) is 0 Å². The van der Waals surface area contributed by atoms with Crippen LogP contribution in [0.5, 0.6) is 5.75 Å². The zero-order valence-electron chi connectivity index (χ0n) is 7.79. The number of hydrogen-bond acceptors (Lipinski definition) is 2. The predicted molar refractivity (Wildman–Crippen MR) is 55.3 cm³/mol. The first-order valence-corrected chi connectivity index (χ1v) is 4.84. The van der Waals surface area contributed by atoms with Crippen LogP contribution in [0.1, 0.15) is 18.0 Å². The number of aromatic amines is 1. The van der Waals surface area contributed by atoms with Gasteiger partial charge in [0.15, 0.2) is 0 Å². The van der Waals surface area contributed by atoms with Crippen LogP contribution in [0, 0.1) is 0 Å². The van der Waals surface area contributed by atoms with Crippen LogP contribution < -0.4 is 10.5 Å². The monoisotopic (exact) mass is 188 g/mol. The third kappa shape index (κ3) is 0.960. The Morgan fingerprint density at radius 1 is 1.36 bits per heavy atom. The second-order valence-corrected chi connectivity index (χ2v) is 3.67. The van der Waals surface area contributed by atoms with Gasteiger partial charge in [0, 0.05) is 29.6 Å². The van der Waals surface area contributed by atoms with Crippen molar-refractivity contribution in [2.45, 2.75) is 12.5 Å². The van der Waals surface area contributed by atoms with Gasteiger partial charge in [-0.25, -0.2) is 0 Å². The van der Waals surface area contributed by atoms with E-state index in [4.69, 9.17) is 10.5 Å². The Morgan fingerprint density at radius 3 is 3.21 bits per heavy atom. The summed E-state index contributed by atoms with van der Waals surface area (Å²) >= 11 is 0. The van der Waals surface area contributed by atoms with Gasteiger partial charge in [-0.05, 0) is 6.07 Å². The van der Waals surface area contributed by atoms with Crippen LogP contribution >= 0.6 is 0 Å². The standard InChI is InChI=1S/C11H12N2O/c12-9-4-6-14-11-8(9)2-1-7-3-5-13-10(7)11/h1-3,5,9,13H,4,6,12H2/t9-/m0/s1. The highest BCUT2D eigenvalue weighted by Gasteiger charge is 2.20. The van der Waals surface area contributed by atoms with E-state index in [9.17, 15) is 0 Å². The molecule has 1 aliphatic rings. The number of aromatic nitrogens is 1. The van der Waals surface area contributed by atoms with Crippen LogP contribution in [0.25, 0.3) is 10.9 Å². The van der Waals surface area contributed by atoms with Gasteiger partial charge < -0.3 is 15.5 Å². The molecule has 3 heteroatoms. The molecular weight excluding hydrogens is 176 g/mol. The number of benzene rings is 1. The van der Waals surface area contributed by atoms with E-state index < -0.39 is 0 Å². The Morgan fingerprint density at radius 2 is 2.29 bits per heavy atom. The highest BCUT2D eigenvalue weighted by atomic mass is 16.5. The van der Waals surface area contributed by atoms with Gasteiger partial charge in [-0.1, -0.05) is 12.1 Å². The number of H-pyrrole nitrogens is 1. The number of hydrogen-bond donors (Lipinski definition) is 2. The molecular formula is C11H12N2O. The fourth-order valence-electron chi connectivity index (χ4n) is 2.01. The largest absolute Gasteiger partial charge is 0.491 e. The van der Waals surface area contributed by atoms with E-state index in [2.05, 4.69) is 17.1 Å². The molecule has 0 saturated carbocycles. The molecule has 3 N–H and O–H groups in total. The van der Waals surface area contributed by atoms with Crippen molar-refractivity contribution in [2.75, 3.05) is 6.61 Å². The number of ether oxygens (including phenoxy) is 1. The molecule has 0 fully saturated rings. The Balaban J connectivity index is 2.32. The zero-order chi connectivity index (χ0) is 9.54. The second-order valence-electron chi connectivity index (χ2n) is 3.67. The fourth-order valence-corrected chi connectivity index (χ4v) is 2.01. The van der Waals surface area contributed by atoms with E-state index in [0.29, 0.717) is 6.61 Å². The van der Waals surface area contributed by atoms with E-state index in [1.807, 2.05) is 12.3 Å². The summed E-state index contributed by atoms with van der Waals surface area (Å²) in [5, 5.41) is 1.18. The minimum Gasteiger partial charge on any atom is -0.491 e. The van der Waals surface area contributed by atoms with Gasteiger partial charge in [-0.15, -0.1) is 0 Å². The molecule has 3 nitrogen and oxygen atoms in total. The van der Waals surface area contributed by atoms with E-state index in [-0.39, 0.29) is 6.04 Å². The van der Waals surface area contributed by atoms with Crippen molar-refractivity contribution >= 4 is 10.9 Å². The third-order valence-corrected chi connectivity index (χ3v) is 2.79. The first-order valence-electron chi connectivity index (χ1n) is 4.84. The lowest BCUT2D eigenvalue weighted by atomic mass is 10.00. The summed E-state index contributed by atoms with van der Waals surface area (Å²) in [7, 11) is 0. The fraction of sp³-hybridized carbons (Fsp3) is 0.273. The Kier molecular flexibility index (Phi) is 1.55. The minimum absolute atomic E-state index is 0.117. The van der Waals surface area contributed by atoms with E-state index in [1.165, 1.54) is 5.39 Å². The number of fused-ring (bicyclic) bond motifs is 3. The summed E-state index contributed by atoms with van der Waals surface area (Å²) in [6.45, 7) is 0.715. The van der Waals surface area contributed by atoms with Crippen LogP contribution in [0.2, 0.25) is 0 Å². The molecule has 0 spiro atoms. The Bertz CT molecular complexity index is 475. The van der Waals surface area contributed by atoms with Gasteiger partial charge in [0.1, 0.15) is 5.75 Å². The van der Waals surface area contributed by atoms with Crippen molar-refractivity contribution in [1.29, 1.82) is 0 Å². The quantitative estimate of drug-likeness (QED) is 0.664. The summed E-state index contributed by atoms with van der Waals surface area (Å²) in [4.78, 5) is 3.19. The molecule has 0 amide bonds. The van der Waals surface area contributed by atoms with Crippen LogP contribution in [0.4, 0.5) is 0 Å². The molecule has 14 heavy (non-hydrogen) atoms. The van der Waals surface area contributed by atoms with Crippen LogP contribution in [0.3, 0.4) is 0 Å². The normalized spacial score (nSPS) is 20.5. The molecule has 2 heterocycles. The molecule has 2 aromatic rings. The van der Waals surface area contributed by atoms with Crippen molar-refractivity contribution in [3.8, 4) is 5.75 Å². The molecule has 72 valence electrons. The summed E-state index contributed by atoms with van der Waals surface area (Å²) in [6, 6.07) is 6.31. The van der Waals surface area contributed by atoms with Crippen molar-refractivity contribution < 1.29 is 4.74 Å². The molecule has 0 aliphatic carbocycles. The summed E-state index contributed by atoms with van der Waals surface area (Å²) in [5.41, 5.74) is 8.20. The van der Waals surface area contributed by atoms with Crippen molar-refractivity contribution in [2.24, 2.45) is 5.73 Å². The topological polar surface area (TPSA) is 51.0 Å². The smallest absolute Gasteiger partial charge is 0.148 e. The Labute approximate surface area is 81.9 Å². The first kappa shape index (κ1) is 7.88. The molecule has 3 rings (SSSR count). The van der Waals surface area contributed by atoms with E-state index in [1.54, 1.807) is 0 Å². The maximum absolute atomic E-state index is 6.01. The van der Waals surface area contributed by atoms with Gasteiger partial charge >= 0.3 is 0 Å². The van der Waals surface area contributed by atoms with E-state index >= 15 is 0 Å². The van der Waals surface area contributed by atoms with E-state index in [0.717, 1.165) is 23.3 Å². The molecule has 1 aromatic heterocycles. The number of nitrogens with two attached hydrogens (primary N) is 1. The van der Waals surface area contributed by atoms with Gasteiger partial charge in [0.25, 0.3) is 0 Å². The van der Waals surface area contributed by atoms with Gasteiger partial charge in [-0.3, -0.25) is 0 Å². The lowest BCUT2D eigenvalue weighted by molar-refractivity contribution is 0.272. The molecule has 0 bridgehead atoms. The van der Waals surface area contributed by atoms with Gasteiger partial charge in [-0.2, -0.15) is 0 Å². The average molecular weight is 188 g/mol. The molecule has 0 radical (unpaired) electrons. The molecule has 0 unspecified atom stereocenters. The third-order valence-electron chi connectivity index (χ3n) is 2.79. The summed E-state index contributed by atoms with van der Waals surface area (Å²) in [6.07, 6.45) is 2.83. The highest BCUT2D eigenvalue weighted by Crippen LogP contribution is 2.36. The zero-order valence-corrected chi connectivity index (χ0v) is 7.79. The van der Waals surface area contributed by atoms with Crippen molar-refractivity contribution in [3.63, 3.8) is 0 Å². The molecule has 1 aliphatic heterocycles. The SMILES string of the molecule is N[C@H]1CCOc2c1ccc1cc[nH]c21. The lowest BCUT2D eigenvalue weighted by Crippen LogP contribution is -2.20. The molecule has 0 saturated heterocycles. The molecule has 1 atom stereocenters. The van der Waals surface area contributed by atoms with Crippen molar-refractivity contribution in [1.82, 2.24) is 4.98 Å². The number of rotatable bonds is 0. The first-order chi connectivity index (χ1) is 6.86. The summed E-state index contributed by atoms with van der Waals surface area (Å²) in [5.74, 6) is 0.936. The minimum atomic E-state index is 0.117. The average Bonchev–Trinajstić information content (AvgIpc) is 2.66. The highest BCUT2D eigenvalue weighted by molar-refractivity contribution is 5.86. The van der Waals surface area contributed by atoms with Crippen LogP contribution in [-0.2, 0) is 0 Å². The van der Waals surface area contributed by atoms with Gasteiger partial charge in [0.05, 0.1) is 12.1 Å². The molecule has 1 aromatic carbocycles. The van der Waals surface area contributed by atoms with Crippen LogP contribution in [-0.4, -0.2) is 11.6 Å². The maximum Gasteiger partial charge on any atom is 0.148 e. The predicted octanol–water partition coefficient (Wildman–Crippen LogP) is 1.95. The summed E-state index contributed by atoms with van der Waals surface area (Å²) < 4.78 is 5.65.